The second kappa shape index (κ2) is 10.1. The summed E-state index contributed by atoms with van der Waals surface area (Å²) in [5.74, 6) is 1.45. The number of pyridine rings is 1. The summed E-state index contributed by atoms with van der Waals surface area (Å²) in [7, 11) is 2.16. The van der Waals surface area contributed by atoms with Gasteiger partial charge in [-0.3, -0.25) is 4.98 Å². The van der Waals surface area contributed by atoms with E-state index < -0.39 is 0 Å². The lowest BCUT2D eigenvalue weighted by Gasteiger charge is -2.24. The van der Waals surface area contributed by atoms with Crippen LogP contribution < -0.4 is 10.6 Å². The lowest BCUT2D eigenvalue weighted by molar-refractivity contribution is 0.370. The van der Waals surface area contributed by atoms with Gasteiger partial charge in [0, 0.05) is 37.2 Å². The Morgan fingerprint density at radius 1 is 0.970 bits per heavy atom. The first-order valence-electron chi connectivity index (χ1n) is 12.0. The first kappa shape index (κ1) is 21.6. The van der Waals surface area contributed by atoms with Crippen molar-refractivity contribution in [3.63, 3.8) is 0 Å². The van der Waals surface area contributed by atoms with Gasteiger partial charge in [-0.05, 0) is 61.7 Å². The molecule has 3 aromatic rings. The Labute approximate surface area is 196 Å². The van der Waals surface area contributed by atoms with E-state index >= 15 is 0 Å². The van der Waals surface area contributed by atoms with Crippen LogP contribution in [0.5, 0.6) is 0 Å². The second-order valence-electron chi connectivity index (χ2n) is 9.09. The number of hydrogen-bond donors (Lipinski definition) is 2. The number of hydrogen-bond acceptors (Lipinski definition) is 6. The summed E-state index contributed by atoms with van der Waals surface area (Å²) in [5, 5.41) is 7.07. The highest BCUT2D eigenvalue weighted by Gasteiger charge is 2.18. The average Bonchev–Trinajstić information content (AvgIpc) is 2.86. The SMILES string of the molecule is CN1CC=C(c2ccc(Nc3ncc(-c4ccccn4)c(NC4CCCCC4)n3)cc2)CC1. The smallest absolute Gasteiger partial charge is 0.229 e. The van der Waals surface area contributed by atoms with E-state index in [4.69, 9.17) is 4.98 Å². The van der Waals surface area contributed by atoms with E-state index in [-0.39, 0.29) is 0 Å². The van der Waals surface area contributed by atoms with Crippen molar-refractivity contribution < 1.29 is 0 Å². The number of aromatic nitrogens is 3. The molecule has 0 radical (unpaired) electrons. The summed E-state index contributed by atoms with van der Waals surface area (Å²) < 4.78 is 0. The molecule has 6 nitrogen and oxygen atoms in total. The van der Waals surface area contributed by atoms with Gasteiger partial charge in [-0.15, -0.1) is 0 Å². The van der Waals surface area contributed by atoms with Gasteiger partial charge < -0.3 is 15.5 Å². The monoisotopic (exact) mass is 440 g/mol. The zero-order valence-electron chi connectivity index (χ0n) is 19.3. The van der Waals surface area contributed by atoms with Crippen LogP contribution in [0.15, 0.2) is 60.9 Å². The fraction of sp³-hybridized carbons (Fsp3) is 0.370. The van der Waals surface area contributed by atoms with Crippen molar-refractivity contribution in [3.05, 3.63) is 66.5 Å². The maximum absolute atomic E-state index is 4.87. The Morgan fingerprint density at radius 2 is 1.82 bits per heavy atom. The Kier molecular flexibility index (Phi) is 6.63. The average molecular weight is 441 g/mol. The minimum atomic E-state index is 0.450. The fourth-order valence-electron chi connectivity index (χ4n) is 4.63. The zero-order chi connectivity index (χ0) is 22.5. The quantitative estimate of drug-likeness (QED) is 0.509. The lowest BCUT2D eigenvalue weighted by atomic mass is 9.95. The van der Waals surface area contributed by atoms with Crippen molar-refractivity contribution in [2.75, 3.05) is 30.8 Å². The molecule has 0 unspecified atom stereocenters. The fourth-order valence-corrected chi connectivity index (χ4v) is 4.63. The molecule has 0 saturated heterocycles. The number of benzene rings is 1. The van der Waals surface area contributed by atoms with Crippen LogP contribution in [-0.2, 0) is 0 Å². The van der Waals surface area contributed by atoms with Gasteiger partial charge in [0.05, 0.1) is 11.3 Å². The van der Waals surface area contributed by atoms with Crippen LogP contribution in [0.4, 0.5) is 17.5 Å². The van der Waals surface area contributed by atoms with Gasteiger partial charge in [-0.1, -0.05) is 43.5 Å². The molecule has 170 valence electrons. The minimum Gasteiger partial charge on any atom is -0.367 e. The van der Waals surface area contributed by atoms with Crippen molar-refractivity contribution in [2.45, 2.75) is 44.6 Å². The molecular formula is C27H32N6. The Balaban J connectivity index is 1.36. The molecule has 0 amide bonds. The highest BCUT2D eigenvalue weighted by molar-refractivity contribution is 5.74. The standard InChI is InChI=1S/C27H32N6/c1-33-17-14-21(15-18-33)20-10-12-23(13-11-20)31-27-29-19-24(25-9-5-6-16-28-25)26(32-27)30-22-7-3-2-4-8-22/h5-6,9-14,16,19,22H,2-4,7-8,15,17-18H2,1H3,(H2,29,30,31,32). The summed E-state index contributed by atoms with van der Waals surface area (Å²) >= 11 is 0. The van der Waals surface area contributed by atoms with E-state index in [9.17, 15) is 0 Å². The van der Waals surface area contributed by atoms with Crippen LogP contribution in [0, 0.1) is 0 Å². The Bertz CT molecular complexity index is 1090. The number of likely N-dealkylation sites (N-methyl/N-ethyl adjacent to an activating group) is 1. The van der Waals surface area contributed by atoms with Gasteiger partial charge in [0.2, 0.25) is 5.95 Å². The molecule has 1 aliphatic heterocycles. The maximum Gasteiger partial charge on any atom is 0.229 e. The second-order valence-corrected chi connectivity index (χ2v) is 9.09. The molecule has 0 atom stereocenters. The molecule has 1 aromatic carbocycles. The largest absolute Gasteiger partial charge is 0.367 e. The van der Waals surface area contributed by atoms with Crippen LogP contribution in [0.1, 0.15) is 44.1 Å². The normalized spacial score (nSPS) is 17.4. The number of nitrogens with one attached hydrogen (secondary N) is 2. The highest BCUT2D eigenvalue weighted by Crippen LogP contribution is 2.30. The predicted molar refractivity (Wildman–Crippen MR) is 136 cm³/mol. The van der Waals surface area contributed by atoms with Gasteiger partial charge >= 0.3 is 0 Å². The number of anilines is 3. The van der Waals surface area contributed by atoms with Gasteiger partial charge in [0.25, 0.3) is 0 Å². The van der Waals surface area contributed by atoms with Crippen molar-refractivity contribution in [1.29, 1.82) is 0 Å². The summed E-state index contributed by atoms with van der Waals surface area (Å²) in [5.41, 5.74) is 5.53. The summed E-state index contributed by atoms with van der Waals surface area (Å²) in [6, 6.07) is 15.0. The van der Waals surface area contributed by atoms with E-state index in [1.54, 1.807) is 0 Å². The van der Waals surface area contributed by atoms with Gasteiger partial charge in [-0.25, -0.2) is 4.98 Å². The summed E-state index contributed by atoms with van der Waals surface area (Å²) in [4.78, 5) is 16.3. The highest BCUT2D eigenvalue weighted by atomic mass is 15.2. The third-order valence-electron chi connectivity index (χ3n) is 6.60. The zero-order valence-corrected chi connectivity index (χ0v) is 19.3. The lowest BCUT2D eigenvalue weighted by Crippen LogP contribution is -2.23. The van der Waals surface area contributed by atoms with Crippen LogP contribution in [0.2, 0.25) is 0 Å². The topological polar surface area (TPSA) is 66.0 Å². The molecule has 1 saturated carbocycles. The van der Waals surface area contributed by atoms with Gasteiger partial charge in [0.1, 0.15) is 5.82 Å². The molecule has 0 bridgehead atoms. The van der Waals surface area contributed by atoms with E-state index in [1.807, 2.05) is 30.6 Å². The molecule has 33 heavy (non-hydrogen) atoms. The van der Waals surface area contributed by atoms with Crippen molar-refractivity contribution in [1.82, 2.24) is 19.9 Å². The number of nitrogens with zero attached hydrogens (tertiary/aromatic N) is 4. The van der Waals surface area contributed by atoms with Gasteiger partial charge in [-0.2, -0.15) is 4.98 Å². The summed E-state index contributed by atoms with van der Waals surface area (Å²) in [6.07, 6.45) is 13.3. The predicted octanol–water partition coefficient (Wildman–Crippen LogP) is 5.75. The molecule has 1 fully saturated rings. The molecule has 2 N–H and O–H groups in total. The molecule has 3 heterocycles. The first-order chi connectivity index (χ1) is 16.2. The van der Waals surface area contributed by atoms with Crippen LogP contribution in [-0.4, -0.2) is 46.0 Å². The molecule has 2 aromatic heterocycles. The molecule has 5 rings (SSSR count). The Hall–Kier alpha value is -3.25. The van der Waals surface area contributed by atoms with E-state index in [2.05, 4.69) is 62.9 Å². The maximum atomic E-state index is 4.87. The van der Waals surface area contributed by atoms with Crippen LogP contribution >= 0.6 is 0 Å². The van der Waals surface area contributed by atoms with Gasteiger partial charge in [0.15, 0.2) is 0 Å². The molecule has 6 heteroatoms. The molecular weight excluding hydrogens is 408 g/mol. The van der Waals surface area contributed by atoms with E-state index in [0.717, 1.165) is 42.3 Å². The summed E-state index contributed by atoms with van der Waals surface area (Å²) in [6.45, 7) is 2.13. The van der Waals surface area contributed by atoms with Crippen LogP contribution in [0.25, 0.3) is 16.8 Å². The van der Waals surface area contributed by atoms with Crippen molar-refractivity contribution >= 4 is 23.0 Å². The molecule has 1 aliphatic carbocycles. The van der Waals surface area contributed by atoms with E-state index in [1.165, 1.54) is 43.2 Å². The molecule has 2 aliphatic rings. The van der Waals surface area contributed by atoms with Crippen LogP contribution in [0.3, 0.4) is 0 Å². The Morgan fingerprint density at radius 3 is 2.55 bits per heavy atom. The molecule has 0 spiro atoms. The third kappa shape index (κ3) is 5.40. The van der Waals surface area contributed by atoms with Crippen molar-refractivity contribution in [2.24, 2.45) is 0 Å². The van der Waals surface area contributed by atoms with E-state index in [0.29, 0.717) is 12.0 Å². The minimum absolute atomic E-state index is 0.450. The number of rotatable bonds is 6. The third-order valence-corrected chi connectivity index (χ3v) is 6.60. The van der Waals surface area contributed by atoms with Crippen molar-refractivity contribution in [3.8, 4) is 11.3 Å². The first-order valence-corrected chi connectivity index (χ1v) is 12.0.